The Hall–Kier alpha value is -2.55. The third-order valence-electron chi connectivity index (χ3n) is 3.29. The molecule has 2 aromatic carbocycles. The van der Waals surface area contributed by atoms with Crippen LogP contribution in [0.3, 0.4) is 0 Å². The molecule has 0 saturated carbocycles. The molecule has 0 bridgehead atoms. The lowest BCUT2D eigenvalue weighted by molar-refractivity contribution is -0.112. The number of ether oxygens (including phenoxy) is 2. The summed E-state index contributed by atoms with van der Waals surface area (Å²) in [5.74, 6) is 1.40. The van der Waals surface area contributed by atoms with E-state index in [1.165, 1.54) is 18.6 Å². The van der Waals surface area contributed by atoms with Crippen LogP contribution in [-0.4, -0.2) is 12.4 Å². The van der Waals surface area contributed by atoms with Crippen LogP contribution in [0.25, 0.3) is 6.08 Å². The lowest BCUT2D eigenvalue weighted by atomic mass is 10.1. The summed E-state index contributed by atoms with van der Waals surface area (Å²) in [7, 11) is 0. The zero-order valence-electron chi connectivity index (χ0n) is 13.8. The fourth-order valence-corrected chi connectivity index (χ4v) is 2.07. The van der Waals surface area contributed by atoms with Crippen molar-refractivity contribution in [3.63, 3.8) is 0 Å². The molecular formula is C20H22O3. The van der Waals surface area contributed by atoms with Crippen LogP contribution < -0.4 is 9.47 Å². The number of hydrogen-bond acceptors (Lipinski definition) is 3. The third kappa shape index (κ3) is 5.29. The molecule has 0 aliphatic carbocycles. The molecule has 120 valence electrons. The largest absolute Gasteiger partial charge is 0.490 e. The monoisotopic (exact) mass is 310 g/mol. The summed E-state index contributed by atoms with van der Waals surface area (Å²) in [6.45, 7) is 6.57. The predicted molar refractivity (Wildman–Crippen MR) is 92.8 cm³/mol. The number of benzene rings is 2. The average molecular weight is 310 g/mol. The highest BCUT2D eigenvalue weighted by atomic mass is 16.5. The Bertz CT molecular complexity index is 685. The van der Waals surface area contributed by atoms with Gasteiger partial charge in [-0.15, -0.1) is 0 Å². The van der Waals surface area contributed by atoms with E-state index < -0.39 is 0 Å². The minimum Gasteiger partial charge on any atom is -0.490 e. The number of hydrogen-bond donors (Lipinski definition) is 0. The van der Waals surface area contributed by atoms with E-state index in [0.29, 0.717) is 24.7 Å². The third-order valence-corrected chi connectivity index (χ3v) is 3.29. The maximum atomic E-state index is 11.0. The second-order valence-corrected chi connectivity index (χ2v) is 5.36. The number of aryl methyl sites for hydroxylation is 1. The molecule has 0 fully saturated rings. The summed E-state index contributed by atoms with van der Waals surface area (Å²) >= 11 is 0. The zero-order chi connectivity index (χ0) is 16.7. The molecule has 0 saturated heterocycles. The molecular weight excluding hydrogens is 288 g/mol. The van der Waals surface area contributed by atoms with Gasteiger partial charge in [-0.2, -0.15) is 0 Å². The number of carbonyl (C=O) groups is 1. The van der Waals surface area contributed by atoms with Gasteiger partial charge in [0, 0.05) is 0 Å². The standard InChI is InChI=1S/C20H22O3/c1-4-22-20-13-17(10-7-16(3)21)11-12-19(20)23-14-18-8-5-15(2)6-9-18/h5-13H,4,14H2,1-3H3/b10-7+. The lowest BCUT2D eigenvalue weighted by Crippen LogP contribution is -2.00. The van der Waals surface area contributed by atoms with Gasteiger partial charge in [0.15, 0.2) is 17.3 Å². The van der Waals surface area contributed by atoms with E-state index in [1.54, 1.807) is 6.08 Å². The summed E-state index contributed by atoms with van der Waals surface area (Å²) in [6, 6.07) is 13.9. The van der Waals surface area contributed by atoms with Gasteiger partial charge in [-0.3, -0.25) is 4.79 Å². The highest BCUT2D eigenvalue weighted by molar-refractivity contribution is 5.91. The van der Waals surface area contributed by atoms with Gasteiger partial charge in [-0.25, -0.2) is 0 Å². The molecule has 0 aliphatic rings. The molecule has 0 spiro atoms. The Labute approximate surface area is 137 Å². The van der Waals surface area contributed by atoms with Crippen molar-refractivity contribution in [1.29, 1.82) is 0 Å². The van der Waals surface area contributed by atoms with E-state index >= 15 is 0 Å². The van der Waals surface area contributed by atoms with Gasteiger partial charge < -0.3 is 9.47 Å². The topological polar surface area (TPSA) is 35.5 Å². The summed E-state index contributed by atoms with van der Waals surface area (Å²) in [4.78, 5) is 11.0. The van der Waals surface area contributed by atoms with Gasteiger partial charge in [0.25, 0.3) is 0 Å². The van der Waals surface area contributed by atoms with Crippen LogP contribution in [0, 0.1) is 6.92 Å². The summed E-state index contributed by atoms with van der Waals surface area (Å²) < 4.78 is 11.5. The highest BCUT2D eigenvalue weighted by Crippen LogP contribution is 2.29. The second-order valence-electron chi connectivity index (χ2n) is 5.36. The van der Waals surface area contributed by atoms with Crippen molar-refractivity contribution < 1.29 is 14.3 Å². The van der Waals surface area contributed by atoms with Crippen molar-refractivity contribution in [1.82, 2.24) is 0 Å². The zero-order valence-corrected chi connectivity index (χ0v) is 13.8. The summed E-state index contributed by atoms with van der Waals surface area (Å²) in [5.41, 5.74) is 3.25. The Morgan fingerprint density at radius 1 is 1.04 bits per heavy atom. The molecule has 2 rings (SSSR count). The van der Waals surface area contributed by atoms with Crippen molar-refractivity contribution in [2.24, 2.45) is 0 Å². The van der Waals surface area contributed by atoms with Crippen LogP contribution in [0.15, 0.2) is 48.5 Å². The number of rotatable bonds is 7. The fourth-order valence-electron chi connectivity index (χ4n) is 2.07. The second kappa shape index (κ2) is 8.18. The number of allylic oxidation sites excluding steroid dienone is 1. The predicted octanol–water partition coefficient (Wildman–Crippen LogP) is 4.57. The molecule has 3 nitrogen and oxygen atoms in total. The first-order chi connectivity index (χ1) is 11.1. The van der Waals surface area contributed by atoms with Crippen molar-refractivity contribution in [2.45, 2.75) is 27.4 Å². The fraction of sp³-hybridized carbons (Fsp3) is 0.250. The van der Waals surface area contributed by atoms with E-state index in [4.69, 9.17) is 9.47 Å². The van der Waals surface area contributed by atoms with Gasteiger partial charge in [0.05, 0.1) is 6.61 Å². The molecule has 0 atom stereocenters. The molecule has 0 N–H and O–H groups in total. The van der Waals surface area contributed by atoms with E-state index in [-0.39, 0.29) is 5.78 Å². The molecule has 0 aliphatic heterocycles. The van der Waals surface area contributed by atoms with Gasteiger partial charge in [0.2, 0.25) is 0 Å². The van der Waals surface area contributed by atoms with Gasteiger partial charge in [0.1, 0.15) is 6.61 Å². The molecule has 23 heavy (non-hydrogen) atoms. The number of carbonyl (C=O) groups excluding carboxylic acids is 1. The molecule has 0 radical (unpaired) electrons. The quantitative estimate of drug-likeness (QED) is 0.702. The van der Waals surface area contributed by atoms with E-state index in [9.17, 15) is 4.79 Å². The Kier molecular flexibility index (Phi) is 5.98. The van der Waals surface area contributed by atoms with Crippen LogP contribution >= 0.6 is 0 Å². The summed E-state index contributed by atoms with van der Waals surface area (Å²) in [6.07, 6.45) is 3.31. The molecule has 0 heterocycles. The SMILES string of the molecule is CCOc1cc(/C=C/C(C)=O)ccc1OCc1ccc(C)cc1. The lowest BCUT2D eigenvalue weighted by Gasteiger charge is -2.13. The minimum absolute atomic E-state index is 0.0163. The molecule has 0 amide bonds. The smallest absolute Gasteiger partial charge is 0.161 e. The Balaban J connectivity index is 2.13. The number of ketones is 1. The van der Waals surface area contributed by atoms with Crippen LogP contribution in [0.5, 0.6) is 11.5 Å². The average Bonchev–Trinajstić information content (AvgIpc) is 2.54. The van der Waals surface area contributed by atoms with E-state index in [1.807, 2.05) is 25.1 Å². The van der Waals surface area contributed by atoms with Crippen molar-refractivity contribution in [3.05, 3.63) is 65.2 Å². The van der Waals surface area contributed by atoms with Crippen molar-refractivity contribution in [2.75, 3.05) is 6.61 Å². The van der Waals surface area contributed by atoms with Crippen molar-refractivity contribution >= 4 is 11.9 Å². The van der Waals surface area contributed by atoms with Crippen LogP contribution in [0.4, 0.5) is 0 Å². The first-order valence-corrected chi connectivity index (χ1v) is 7.72. The first kappa shape index (κ1) is 16.8. The maximum absolute atomic E-state index is 11.0. The van der Waals surface area contributed by atoms with E-state index in [0.717, 1.165) is 11.1 Å². The first-order valence-electron chi connectivity index (χ1n) is 7.72. The molecule has 2 aromatic rings. The molecule has 0 aromatic heterocycles. The normalized spacial score (nSPS) is 10.7. The Morgan fingerprint density at radius 3 is 2.43 bits per heavy atom. The van der Waals surface area contributed by atoms with Crippen LogP contribution in [0.1, 0.15) is 30.5 Å². The van der Waals surface area contributed by atoms with Crippen LogP contribution in [0.2, 0.25) is 0 Å². The Morgan fingerprint density at radius 2 is 1.78 bits per heavy atom. The van der Waals surface area contributed by atoms with E-state index in [2.05, 4.69) is 31.2 Å². The molecule has 0 unspecified atom stereocenters. The molecule has 3 heteroatoms. The van der Waals surface area contributed by atoms with Gasteiger partial charge in [-0.1, -0.05) is 42.0 Å². The minimum atomic E-state index is 0.0163. The van der Waals surface area contributed by atoms with Gasteiger partial charge in [-0.05, 0) is 50.1 Å². The maximum Gasteiger partial charge on any atom is 0.161 e. The van der Waals surface area contributed by atoms with Crippen molar-refractivity contribution in [3.8, 4) is 11.5 Å². The van der Waals surface area contributed by atoms with Gasteiger partial charge >= 0.3 is 0 Å². The van der Waals surface area contributed by atoms with Crippen LogP contribution in [-0.2, 0) is 11.4 Å². The summed E-state index contributed by atoms with van der Waals surface area (Å²) in [5, 5.41) is 0. The highest BCUT2D eigenvalue weighted by Gasteiger charge is 2.06.